The predicted octanol–water partition coefficient (Wildman–Crippen LogP) is 1.90. The van der Waals surface area contributed by atoms with Crippen LogP contribution in [0.25, 0.3) is 0 Å². The van der Waals surface area contributed by atoms with Crippen LogP contribution in [0.4, 0.5) is 0 Å². The summed E-state index contributed by atoms with van der Waals surface area (Å²) in [6.07, 6.45) is 4.30. The van der Waals surface area contributed by atoms with E-state index in [1.54, 1.807) is 12.4 Å². The highest BCUT2D eigenvalue weighted by molar-refractivity contribution is 5.85. The zero-order valence-electron chi connectivity index (χ0n) is 11.7. The first-order chi connectivity index (χ1) is 9.81. The van der Waals surface area contributed by atoms with Crippen LogP contribution in [0, 0.1) is 0 Å². The summed E-state index contributed by atoms with van der Waals surface area (Å²) < 4.78 is 0. The molecule has 0 saturated carbocycles. The summed E-state index contributed by atoms with van der Waals surface area (Å²) in [5, 5.41) is 2.94. The number of amides is 1. The van der Waals surface area contributed by atoms with Crippen LogP contribution in [0.1, 0.15) is 17.0 Å². The molecule has 5 heteroatoms. The van der Waals surface area contributed by atoms with Gasteiger partial charge < -0.3 is 11.1 Å². The van der Waals surface area contributed by atoms with Crippen molar-refractivity contribution in [2.45, 2.75) is 12.3 Å². The van der Waals surface area contributed by atoms with Crippen molar-refractivity contribution in [3.05, 3.63) is 66.0 Å². The summed E-state index contributed by atoms with van der Waals surface area (Å²) in [6, 6.07) is 13.5. The highest BCUT2D eigenvalue weighted by Crippen LogP contribution is 2.14. The third-order valence-electron chi connectivity index (χ3n) is 3.22. The molecule has 1 aromatic carbocycles. The van der Waals surface area contributed by atoms with Gasteiger partial charge in [-0.2, -0.15) is 0 Å². The smallest absolute Gasteiger partial charge is 0.228 e. The van der Waals surface area contributed by atoms with Crippen LogP contribution in [0.5, 0.6) is 0 Å². The highest BCUT2D eigenvalue weighted by atomic mass is 35.5. The van der Waals surface area contributed by atoms with Gasteiger partial charge in [0.25, 0.3) is 0 Å². The van der Waals surface area contributed by atoms with Crippen molar-refractivity contribution in [2.24, 2.45) is 5.73 Å². The van der Waals surface area contributed by atoms with Gasteiger partial charge in [0.2, 0.25) is 5.91 Å². The molecule has 0 bridgehead atoms. The molecule has 1 heterocycles. The second kappa shape index (κ2) is 9.10. The lowest BCUT2D eigenvalue weighted by Crippen LogP contribution is -2.34. The minimum Gasteiger partial charge on any atom is -0.355 e. The number of carbonyl (C=O) groups is 1. The summed E-state index contributed by atoms with van der Waals surface area (Å²) in [5.41, 5.74) is 7.83. The molecule has 0 spiro atoms. The molecule has 1 atom stereocenters. The lowest BCUT2D eigenvalue weighted by Gasteiger charge is -2.15. The largest absolute Gasteiger partial charge is 0.355 e. The van der Waals surface area contributed by atoms with Gasteiger partial charge in [0.1, 0.15) is 0 Å². The monoisotopic (exact) mass is 305 g/mol. The standard InChI is InChI=1S/C16H19N3O.ClH/c17-12-15(14-4-2-1-3-5-14)16(20)19-11-8-13-6-9-18-10-7-13;/h1-7,9-10,15H,8,11-12,17H2,(H,19,20);1H. The number of hydrogen-bond acceptors (Lipinski definition) is 3. The van der Waals surface area contributed by atoms with Crippen LogP contribution in [-0.2, 0) is 11.2 Å². The van der Waals surface area contributed by atoms with Gasteiger partial charge in [-0.3, -0.25) is 9.78 Å². The molecule has 1 unspecified atom stereocenters. The van der Waals surface area contributed by atoms with Crippen LogP contribution in [0.3, 0.4) is 0 Å². The Morgan fingerprint density at radius 3 is 2.43 bits per heavy atom. The molecule has 21 heavy (non-hydrogen) atoms. The third kappa shape index (κ3) is 5.17. The van der Waals surface area contributed by atoms with Gasteiger partial charge in [-0.1, -0.05) is 30.3 Å². The van der Waals surface area contributed by atoms with Crippen molar-refractivity contribution in [3.63, 3.8) is 0 Å². The molecule has 0 aliphatic carbocycles. The number of nitrogens with two attached hydrogens (primary N) is 1. The number of rotatable bonds is 6. The summed E-state index contributed by atoms with van der Waals surface area (Å²) in [5.74, 6) is -0.304. The molecule has 1 amide bonds. The average molecular weight is 306 g/mol. The Kier molecular flexibility index (Phi) is 7.43. The van der Waals surface area contributed by atoms with E-state index in [1.165, 1.54) is 0 Å². The van der Waals surface area contributed by atoms with E-state index in [4.69, 9.17) is 5.73 Å². The van der Waals surface area contributed by atoms with E-state index in [1.807, 2.05) is 42.5 Å². The second-order valence-electron chi connectivity index (χ2n) is 4.60. The molecule has 0 fully saturated rings. The molecule has 2 rings (SSSR count). The number of halogens is 1. The molecule has 0 aliphatic heterocycles. The molecular formula is C16H20ClN3O. The van der Waals surface area contributed by atoms with Crippen LogP contribution in [0.15, 0.2) is 54.9 Å². The first kappa shape index (κ1) is 17.1. The fraction of sp³-hybridized carbons (Fsp3) is 0.250. The fourth-order valence-electron chi connectivity index (χ4n) is 2.08. The molecule has 0 saturated heterocycles. The Hall–Kier alpha value is -1.91. The molecule has 0 aliphatic rings. The maximum Gasteiger partial charge on any atom is 0.228 e. The predicted molar refractivity (Wildman–Crippen MR) is 86.4 cm³/mol. The van der Waals surface area contributed by atoms with Gasteiger partial charge in [-0.05, 0) is 29.7 Å². The summed E-state index contributed by atoms with van der Waals surface area (Å²) in [6.45, 7) is 0.914. The zero-order chi connectivity index (χ0) is 14.2. The Balaban J connectivity index is 0.00000220. The number of pyridine rings is 1. The maximum atomic E-state index is 12.2. The Labute approximate surface area is 131 Å². The van der Waals surface area contributed by atoms with Crippen molar-refractivity contribution in [2.75, 3.05) is 13.1 Å². The number of carbonyl (C=O) groups excluding carboxylic acids is 1. The average Bonchev–Trinajstić information content (AvgIpc) is 2.50. The molecule has 3 N–H and O–H groups in total. The summed E-state index contributed by atoms with van der Waals surface area (Å²) in [7, 11) is 0. The normalized spacial score (nSPS) is 11.3. The quantitative estimate of drug-likeness (QED) is 0.856. The van der Waals surface area contributed by atoms with Crippen LogP contribution < -0.4 is 11.1 Å². The van der Waals surface area contributed by atoms with E-state index in [2.05, 4.69) is 10.3 Å². The van der Waals surface area contributed by atoms with E-state index < -0.39 is 0 Å². The Bertz CT molecular complexity index is 534. The van der Waals surface area contributed by atoms with Gasteiger partial charge in [0.05, 0.1) is 5.92 Å². The Morgan fingerprint density at radius 2 is 1.81 bits per heavy atom. The Morgan fingerprint density at radius 1 is 1.14 bits per heavy atom. The number of benzene rings is 1. The number of aromatic nitrogens is 1. The highest BCUT2D eigenvalue weighted by Gasteiger charge is 2.17. The van der Waals surface area contributed by atoms with Gasteiger partial charge >= 0.3 is 0 Å². The molecular weight excluding hydrogens is 286 g/mol. The molecule has 1 aromatic heterocycles. The number of nitrogens with one attached hydrogen (secondary N) is 1. The summed E-state index contributed by atoms with van der Waals surface area (Å²) >= 11 is 0. The minimum absolute atomic E-state index is 0. The zero-order valence-corrected chi connectivity index (χ0v) is 12.6. The second-order valence-corrected chi connectivity index (χ2v) is 4.60. The van der Waals surface area contributed by atoms with Crippen molar-refractivity contribution in [3.8, 4) is 0 Å². The van der Waals surface area contributed by atoms with Gasteiger partial charge in [0, 0.05) is 25.5 Å². The minimum atomic E-state index is -0.284. The topological polar surface area (TPSA) is 68.0 Å². The number of nitrogens with zero attached hydrogens (tertiary/aromatic N) is 1. The van der Waals surface area contributed by atoms with Crippen LogP contribution in [0.2, 0.25) is 0 Å². The van der Waals surface area contributed by atoms with E-state index in [-0.39, 0.29) is 24.2 Å². The lowest BCUT2D eigenvalue weighted by molar-refractivity contribution is -0.122. The fourth-order valence-corrected chi connectivity index (χ4v) is 2.08. The van der Waals surface area contributed by atoms with E-state index in [0.717, 1.165) is 17.5 Å². The van der Waals surface area contributed by atoms with Gasteiger partial charge in [-0.25, -0.2) is 0 Å². The first-order valence-corrected chi connectivity index (χ1v) is 6.73. The molecule has 4 nitrogen and oxygen atoms in total. The molecule has 112 valence electrons. The third-order valence-corrected chi connectivity index (χ3v) is 3.22. The van der Waals surface area contributed by atoms with E-state index in [9.17, 15) is 4.79 Å². The van der Waals surface area contributed by atoms with E-state index >= 15 is 0 Å². The lowest BCUT2D eigenvalue weighted by atomic mass is 9.98. The molecule has 0 radical (unpaired) electrons. The molecule has 2 aromatic rings. The van der Waals surface area contributed by atoms with Crippen molar-refractivity contribution >= 4 is 18.3 Å². The maximum absolute atomic E-state index is 12.2. The first-order valence-electron chi connectivity index (χ1n) is 6.73. The number of hydrogen-bond donors (Lipinski definition) is 2. The van der Waals surface area contributed by atoms with Gasteiger partial charge in [-0.15, -0.1) is 12.4 Å². The van der Waals surface area contributed by atoms with Gasteiger partial charge in [0.15, 0.2) is 0 Å². The van der Waals surface area contributed by atoms with Crippen LogP contribution in [-0.4, -0.2) is 24.0 Å². The SMILES string of the molecule is Cl.NCC(C(=O)NCCc1ccncc1)c1ccccc1. The van der Waals surface area contributed by atoms with Crippen molar-refractivity contribution in [1.29, 1.82) is 0 Å². The van der Waals surface area contributed by atoms with E-state index in [0.29, 0.717) is 13.1 Å². The van der Waals surface area contributed by atoms with Crippen molar-refractivity contribution in [1.82, 2.24) is 10.3 Å². The van der Waals surface area contributed by atoms with Crippen molar-refractivity contribution < 1.29 is 4.79 Å². The van der Waals surface area contributed by atoms with Crippen LogP contribution >= 0.6 is 12.4 Å². The summed E-state index contributed by atoms with van der Waals surface area (Å²) in [4.78, 5) is 16.1.